The van der Waals surface area contributed by atoms with Gasteiger partial charge < -0.3 is 0 Å². The van der Waals surface area contributed by atoms with Crippen LogP contribution in [0.4, 0.5) is 13.2 Å². The Kier molecular flexibility index (Phi) is 4.78. The molecule has 0 saturated heterocycles. The zero-order valence-electron chi connectivity index (χ0n) is 10.1. The van der Waals surface area contributed by atoms with Gasteiger partial charge in [0.1, 0.15) is 0 Å². The highest BCUT2D eigenvalue weighted by Crippen LogP contribution is 2.26. The van der Waals surface area contributed by atoms with Gasteiger partial charge in [0, 0.05) is 0 Å². The highest BCUT2D eigenvalue weighted by molar-refractivity contribution is 7.92. The number of alkyl halides is 3. The van der Waals surface area contributed by atoms with Gasteiger partial charge in [0.25, 0.3) is 11.9 Å². The van der Waals surface area contributed by atoms with E-state index in [4.69, 9.17) is 0 Å². The maximum absolute atomic E-state index is 13.1. The third-order valence-electron chi connectivity index (χ3n) is 2.86. The van der Waals surface area contributed by atoms with E-state index in [1.165, 1.54) is 12.1 Å². The van der Waals surface area contributed by atoms with Crippen LogP contribution in [0.15, 0.2) is 29.2 Å². The topological polar surface area (TPSA) is 34.1 Å². The van der Waals surface area contributed by atoms with Gasteiger partial charge in [0.15, 0.2) is 0 Å². The summed E-state index contributed by atoms with van der Waals surface area (Å²) in [5.41, 5.74) is -2.48. The number of hydrogen-bond acceptors (Lipinski definition) is 2. The van der Waals surface area contributed by atoms with Crippen LogP contribution in [0, 0.1) is 0 Å². The van der Waals surface area contributed by atoms with Gasteiger partial charge in [-0.25, -0.2) is 21.6 Å². The standard InChI is InChI=1S/C12H15F3O2S/c1-3-8(2)9-5-4-6-10(7-9)18(16,17)12(15)11(13)14/h4-8,11-12H,3H2,1-2H3. The van der Waals surface area contributed by atoms with Gasteiger partial charge in [-0.1, -0.05) is 26.0 Å². The van der Waals surface area contributed by atoms with Crippen molar-refractivity contribution in [3.63, 3.8) is 0 Å². The van der Waals surface area contributed by atoms with Crippen molar-refractivity contribution >= 4 is 9.84 Å². The maximum Gasteiger partial charge on any atom is 0.284 e. The average molecular weight is 280 g/mol. The Hall–Kier alpha value is -1.04. The molecule has 2 nitrogen and oxygen atoms in total. The minimum Gasteiger partial charge on any atom is -0.223 e. The molecule has 0 aromatic heterocycles. The van der Waals surface area contributed by atoms with E-state index in [9.17, 15) is 21.6 Å². The number of hydrogen-bond donors (Lipinski definition) is 0. The maximum atomic E-state index is 13.1. The highest BCUT2D eigenvalue weighted by Gasteiger charge is 2.35. The van der Waals surface area contributed by atoms with Gasteiger partial charge in [-0.3, -0.25) is 0 Å². The van der Waals surface area contributed by atoms with Crippen molar-refractivity contribution in [2.75, 3.05) is 0 Å². The van der Waals surface area contributed by atoms with Gasteiger partial charge in [0.2, 0.25) is 9.84 Å². The molecule has 0 amide bonds. The van der Waals surface area contributed by atoms with Crippen LogP contribution in [0.1, 0.15) is 31.7 Å². The van der Waals surface area contributed by atoms with E-state index in [1.54, 1.807) is 6.07 Å². The number of benzene rings is 1. The molecule has 0 bridgehead atoms. The second kappa shape index (κ2) is 5.73. The van der Waals surface area contributed by atoms with Crippen molar-refractivity contribution < 1.29 is 21.6 Å². The molecule has 2 atom stereocenters. The Bertz CT molecular complexity index is 500. The summed E-state index contributed by atoms with van der Waals surface area (Å²) in [6, 6.07) is 5.53. The smallest absolute Gasteiger partial charge is 0.223 e. The van der Waals surface area contributed by atoms with Crippen LogP contribution in [0.2, 0.25) is 0 Å². The molecule has 1 aromatic rings. The summed E-state index contributed by atoms with van der Waals surface area (Å²) < 4.78 is 60.6. The van der Waals surface area contributed by atoms with Crippen LogP contribution in [0.25, 0.3) is 0 Å². The first-order chi connectivity index (χ1) is 8.30. The Morgan fingerprint density at radius 3 is 2.33 bits per heavy atom. The summed E-state index contributed by atoms with van der Waals surface area (Å²) in [5.74, 6) is 0.0877. The molecule has 1 aromatic carbocycles. The van der Waals surface area contributed by atoms with E-state index >= 15 is 0 Å². The molecular weight excluding hydrogens is 265 g/mol. The molecule has 0 N–H and O–H groups in total. The Balaban J connectivity index is 3.18. The molecule has 0 aliphatic carbocycles. The Labute approximate surface area is 105 Å². The van der Waals surface area contributed by atoms with Crippen LogP contribution in [0.3, 0.4) is 0 Å². The predicted molar refractivity (Wildman–Crippen MR) is 63.2 cm³/mol. The van der Waals surface area contributed by atoms with Crippen molar-refractivity contribution in [3.05, 3.63) is 29.8 Å². The summed E-state index contributed by atoms with van der Waals surface area (Å²) in [5, 5.41) is 0. The van der Waals surface area contributed by atoms with Crippen molar-refractivity contribution in [3.8, 4) is 0 Å². The fourth-order valence-electron chi connectivity index (χ4n) is 1.50. The Morgan fingerprint density at radius 1 is 1.22 bits per heavy atom. The summed E-state index contributed by atoms with van der Waals surface area (Å²) in [7, 11) is -4.62. The molecule has 0 radical (unpaired) electrons. The molecule has 0 fully saturated rings. The molecule has 0 spiro atoms. The Morgan fingerprint density at radius 2 is 1.83 bits per heavy atom. The first-order valence-corrected chi connectivity index (χ1v) is 7.11. The minimum atomic E-state index is -4.62. The quantitative estimate of drug-likeness (QED) is 0.826. The van der Waals surface area contributed by atoms with Crippen LogP contribution in [0.5, 0.6) is 0 Å². The van der Waals surface area contributed by atoms with E-state index in [-0.39, 0.29) is 5.92 Å². The highest BCUT2D eigenvalue weighted by atomic mass is 32.2. The molecule has 2 unspecified atom stereocenters. The molecule has 0 heterocycles. The molecule has 0 aliphatic heterocycles. The van der Waals surface area contributed by atoms with Crippen molar-refractivity contribution in [1.29, 1.82) is 0 Å². The van der Waals surface area contributed by atoms with Gasteiger partial charge in [-0.2, -0.15) is 0 Å². The molecule has 18 heavy (non-hydrogen) atoms. The molecule has 0 saturated carbocycles. The second-order valence-electron chi connectivity index (χ2n) is 4.11. The third-order valence-corrected chi connectivity index (χ3v) is 4.57. The van der Waals surface area contributed by atoms with E-state index < -0.39 is 26.7 Å². The van der Waals surface area contributed by atoms with E-state index in [1.807, 2.05) is 13.8 Å². The van der Waals surface area contributed by atoms with E-state index in [2.05, 4.69) is 0 Å². The van der Waals surface area contributed by atoms with Crippen molar-refractivity contribution in [1.82, 2.24) is 0 Å². The largest absolute Gasteiger partial charge is 0.284 e. The monoisotopic (exact) mass is 280 g/mol. The van der Waals surface area contributed by atoms with Gasteiger partial charge >= 0.3 is 0 Å². The van der Waals surface area contributed by atoms with Gasteiger partial charge in [0.05, 0.1) is 4.90 Å². The van der Waals surface area contributed by atoms with E-state index in [0.29, 0.717) is 5.56 Å². The van der Waals surface area contributed by atoms with Crippen molar-refractivity contribution in [2.45, 2.75) is 43.0 Å². The molecule has 6 heteroatoms. The summed E-state index contributed by atoms with van der Waals surface area (Å²) >= 11 is 0. The van der Waals surface area contributed by atoms with Gasteiger partial charge in [-0.05, 0) is 30.0 Å². The lowest BCUT2D eigenvalue weighted by Gasteiger charge is -2.13. The summed E-state index contributed by atoms with van der Waals surface area (Å²) in [6.07, 6.45) is -2.76. The third kappa shape index (κ3) is 3.04. The van der Waals surface area contributed by atoms with Crippen LogP contribution < -0.4 is 0 Å². The first kappa shape index (κ1) is 15.0. The van der Waals surface area contributed by atoms with Crippen LogP contribution in [-0.4, -0.2) is 20.3 Å². The normalized spacial score (nSPS) is 15.7. The first-order valence-electron chi connectivity index (χ1n) is 5.56. The lowest BCUT2D eigenvalue weighted by Crippen LogP contribution is -2.24. The molecule has 102 valence electrons. The number of sulfone groups is 1. The van der Waals surface area contributed by atoms with Crippen molar-refractivity contribution in [2.24, 2.45) is 0 Å². The summed E-state index contributed by atoms with van der Waals surface area (Å²) in [6.45, 7) is 3.80. The zero-order chi connectivity index (χ0) is 13.9. The summed E-state index contributed by atoms with van der Waals surface area (Å²) in [4.78, 5) is -0.395. The van der Waals surface area contributed by atoms with E-state index in [0.717, 1.165) is 12.5 Å². The molecular formula is C12H15F3O2S. The number of rotatable bonds is 5. The predicted octanol–water partition coefficient (Wildman–Crippen LogP) is 3.53. The zero-order valence-corrected chi connectivity index (χ0v) is 10.9. The number of halogens is 3. The fraction of sp³-hybridized carbons (Fsp3) is 0.500. The van der Waals surface area contributed by atoms with Crippen LogP contribution in [-0.2, 0) is 9.84 Å². The van der Waals surface area contributed by atoms with Crippen LogP contribution >= 0.6 is 0 Å². The lowest BCUT2D eigenvalue weighted by molar-refractivity contribution is 0.0902. The van der Waals surface area contributed by atoms with Gasteiger partial charge in [-0.15, -0.1) is 0 Å². The fourth-order valence-corrected chi connectivity index (χ4v) is 2.60. The SMILES string of the molecule is CCC(C)c1cccc(S(=O)(=O)C(F)C(F)F)c1. The lowest BCUT2D eigenvalue weighted by atomic mass is 9.99. The molecule has 0 aliphatic rings. The molecule has 1 rings (SSSR count). The minimum absolute atomic E-state index is 0.0877. The average Bonchev–Trinajstić information content (AvgIpc) is 2.36. The second-order valence-corrected chi connectivity index (χ2v) is 6.12.